The highest BCUT2D eigenvalue weighted by Gasteiger charge is 2.20. The van der Waals surface area contributed by atoms with E-state index in [0.29, 0.717) is 11.5 Å². The first kappa shape index (κ1) is 14.6. The number of benzene rings is 1. The lowest BCUT2D eigenvalue weighted by Gasteiger charge is -2.22. The summed E-state index contributed by atoms with van der Waals surface area (Å²) < 4.78 is 7.57. The standard InChI is InChI=1S/C18H20N2O2/c1-22-17-9-5-8-14-15(16(21)10-19)12-20(18(14)17)11-13-6-3-2-4-7-13/h5,8-9,12-13H,2-4,6-7,11H2,1H3. The number of methoxy groups -OCH3 is 1. The van der Waals surface area contributed by atoms with Gasteiger partial charge in [-0.1, -0.05) is 31.4 Å². The highest BCUT2D eigenvalue weighted by atomic mass is 16.5. The summed E-state index contributed by atoms with van der Waals surface area (Å²) in [5.41, 5.74) is 1.40. The van der Waals surface area contributed by atoms with Crippen molar-refractivity contribution >= 4 is 16.7 Å². The predicted molar refractivity (Wildman–Crippen MR) is 85.0 cm³/mol. The Bertz CT molecular complexity index is 733. The number of fused-ring (bicyclic) bond motifs is 1. The zero-order chi connectivity index (χ0) is 15.5. The van der Waals surface area contributed by atoms with E-state index in [2.05, 4.69) is 4.57 Å². The molecule has 0 amide bonds. The Kier molecular flexibility index (Phi) is 4.15. The summed E-state index contributed by atoms with van der Waals surface area (Å²) >= 11 is 0. The van der Waals surface area contributed by atoms with Crippen molar-refractivity contribution in [3.8, 4) is 11.8 Å². The zero-order valence-electron chi connectivity index (χ0n) is 12.8. The molecule has 1 aromatic carbocycles. The lowest BCUT2D eigenvalue weighted by Crippen LogP contribution is -2.13. The van der Waals surface area contributed by atoms with Gasteiger partial charge in [-0.25, -0.2) is 0 Å². The molecule has 1 fully saturated rings. The van der Waals surface area contributed by atoms with Crippen LogP contribution in [0.25, 0.3) is 10.9 Å². The Morgan fingerprint density at radius 1 is 1.36 bits per heavy atom. The molecule has 2 aromatic rings. The molecule has 0 radical (unpaired) electrons. The van der Waals surface area contributed by atoms with Gasteiger partial charge in [-0.15, -0.1) is 0 Å². The Balaban J connectivity index is 2.07. The minimum Gasteiger partial charge on any atom is -0.495 e. The van der Waals surface area contributed by atoms with Gasteiger partial charge in [0.1, 0.15) is 11.8 Å². The van der Waals surface area contributed by atoms with Crippen LogP contribution < -0.4 is 4.74 Å². The zero-order valence-corrected chi connectivity index (χ0v) is 12.8. The minimum absolute atomic E-state index is 0.479. The van der Waals surface area contributed by atoms with Gasteiger partial charge < -0.3 is 9.30 Å². The molecule has 0 bridgehead atoms. The Morgan fingerprint density at radius 3 is 2.82 bits per heavy atom. The van der Waals surface area contributed by atoms with Gasteiger partial charge in [-0.2, -0.15) is 5.26 Å². The molecule has 3 rings (SSSR count). The Hall–Kier alpha value is -2.28. The molecule has 0 aliphatic heterocycles. The number of Topliss-reactive ketones (excluding diaryl/α,β-unsaturated/α-hetero) is 1. The highest BCUT2D eigenvalue weighted by molar-refractivity contribution is 6.16. The number of nitriles is 1. The molecule has 0 spiro atoms. The van der Waals surface area contributed by atoms with Gasteiger partial charge in [-0.05, 0) is 24.8 Å². The first-order chi connectivity index (χ1) is 10.7. The van der Waals surface area contributed by atoms with Gasteiger partial charge in [0.2, 0.25) is 0 Å². The van der Waals surface area contributed by atoms with E-state index in [1.54, 1.807) is 13.2 Å². The molecular formula is C18H20N2O2. The van der Waals surface area contributed by atoms with Crippen LogP contribution in [0.2, 0.25) is 0 Å². The highest BCUT2D eigenvalue weighted by Crippen LogP contribution is 2.33. The third-order valence-corrected chi connectivity index (χ3v) is 4.61. The second-order valence-electron chi connectivity index (χ2n) is 6.00. The number of ketones is 1. The topological polar surface area (TPSA) is 55.0 Å². The number of carbonyl (C=O) groups is 1. The molecule has 1 heterocycles. The van der Waals surface area contributed by atoms with Crippen LogP contribution in [-0.2, 0) is 6.54 Å². The van der Waals surface area contributed by atoms with Gasteiger partial charge in [-0.3, -0.25) is 4.79 Å². The number of aromatic nitrogens is 1. The van der Waals surface area contributed by atoms with Crippen molar-refractivity contribution in [3.05, 3.63) is 30.0 Å². The van der Waals surface area contributed by atoms with Crippen molar-refractivity contribution in [2.24, 2.45) is 5.92 Å². The van der Waals surface area contributed by atoms with E-state index in [0.717, 1.165) is 23.2 Å². The van der Waals surface area contributed by atoms with E-state index in [1.165, 1.54) is 32.1 Å². The SMILES string of the molecule is COc1cccc2c(C(=O)C#N)cn(CC3CCCCC3)c12. The molecule has 0 N–H and O–H groups in total. The maximum absolute atomic E-state index is 11.9. The molecular weight excluding hydrogens is 276 g/mol. The number of hydrogen-bond donors (Lipinski definition) is 0. The minimum atomic E-state index is -0.486. The van der Waals surface area contributed by atoms with Crippen molar-refractivity contribution in [2.75, 3.05) is 7.11 Å². The van der Waals surface area contributed by atoms with Crippen molar-refractivity contribution in [2.45, 2.75) is 38.6 Å². The summed E-state index contributed by atoms with van der Waals surface area (Å²) in [6.45, 7) is 0.885. The molecule has 0 atom stereocenters. The summed E-state index contributed by atoms with van der Waals surface area (Å²) in [6.07, 6.45) is 8.18. The van der Waals surface area contributed by atoms with Crippen LogP contribution in [0.4, 0.5) is 0 Å². The summed E-state index contributed by atoms with van der Waals surface area (Å²) in [6, 6.07) is 7.39. The van der Waals surface area contributed by atoms with Crippen LogP contribution in [0.15, 0.2) is 24.4 Å². The second-order valence-corrected chi connectivity index (χ2v) is 6.00. The molecule has 1 saturated carbocycles. The summed E-state index contributed by atoms with van der Waals surface area (Å²) in [5.74, 6) is 0.908. The summed E-state index contributed by atoms with van der Waals surface area (Å²) in [4.78, 5) is 11.9. The molecule has 1 aliphatic carbocycles. The van der Waals surface area contributed by atoms with Crippen LogP contribution in [-0.4, -0.2) is 17.5 Å². The summed E-state index contributed by atoms with van der Waals surface area (Å²) in [7, 11) is 1.64. The molecule has 22 heavy (non-hydrogen) atoms. The van der Waals surface area contributed by atoms with E-state index in [-0.39, 0.29) is 0 Å². The van der Waals surface area contributed by atoms with Gasteiger partial charge in [0, 0.05) is 18.1 Å². The van der Waals surface area contributed by atoms with E-state index in [9.17, 15) is 4.79 Å². The fourth-order valence-corrected chi connectivity index (χ4v) is 3.52. The largest absolute Gasteiger partial charge is 0.495 e. The Morgan fingerprint density at radius 2 is 2.14 bits per heavy atom. The molecule has 1 aromatic heterocycles. The molecule has 114 valence electrons. The van der Waals surface area contributed by atoms with Crippen LogP contribution in [0.1, 0.15) is 42.5 Å². The first-order valence-corrected chi connectivity index (χ1v) is 7.85. The van der Waals surface area contributed by atoms with Crippen molar-refractivity contribution < 1.29 is 9.53 Å². The number of rotatable bonds is 4. The molecule has 0 saturated heterocycles. The maximum atomic E-state index is 11.9. The summed E-state index contributed by atoms with van der Waals surface area (Å²) in [5, 5.41) is 9.77. The third-order valence-electron chi connectivity index (χ3n) is 4.61. The van der Waals surface area contributed by atoms with Crippen molar-refractivity contribution in [1.82, 2.24) is 4.57 Å². The number of para-hydroxylation sites is 1. The maximum Gasteiger partial charge on any atom is 0.264 e. The third kappa shape index (κ3) is 2.59. The predicted octanol–water partition coefficient (Wildman–Crippen LogP) is 3.94. The molecule has 0 unspecified atom stereocenters. The quantitative estimate of drug-likeness (QED) is 0.634. The normalized spacial score (nSPS) is 15.6. The number of hydrogen-bond acceptors (Lipinski definition) is 3. The second kappa shape index (κ2) is 6.23. The van der Waals surface area contributed by atoms with E-state index in [1.807, 2.05) is 24.4 Å². The smallest absolute Gasteiger partial charge is 0.264 e. The van der Waals surface area contributed by atoms with Gasteiger partial charge in [0.05, 0.1) is 18.2 Å². The van der Waals surface area contributed by atoms with Gasteiger partial charge in [0.15, 0.2) is 0 Å². The molecule has 4 nitrogen and oxygen atoms in total. The lowest BCUT2D eigenvalue weighted by atomic mass is 9.89. The van der Waals surface area contributed by atoms with Crippen LogP contribution in [0.5, 0.6) is 5.75 Å². The van der Waals surface area contributed by atoms with Gasteiger partial charge in [0.25, 0.3) is 5.78 Å². The lowest BCUT2D eigenvalue weighted by molar-refractivity contribution is 0.105. The number of carbonyl (C=O) groups excluding carboxylic acids is 1. The first-order valence-electron chi connectivity index (χ1n) is 7.85. The van der Waals surface area contributed by atoms with Gasteiger partial charge >= 0.3 is 0 Å². The number of nitrogens with zero attached hydrogens (tertiary/aromatic N) is 2. The average molecular weight is 296 g/mol. The van der Waals surface area contributed by atoms with E-state index < -0.39 is 5.78 Å². The van der Waals surface area contributed by atoms with E-state index >= 15 is 0 Å². The fourth-order valence-electron chi connectivity index (χ4n) is 3.52. The van der Waals surface area contributed by atoms with Crippen LogP contribution in [0, 0.1) is 17.2 Å². The van der Waals surface area contributed by atoms with E-state index in [4.69, 9.17) is 10.00 Å². The molecule has 4 heteroatoms. The monoisotopic (exact) mass is 296 g/mol. The van der Waals surface area contributed by atoms with Crippen molar-refractivity contribution in [1.29, 1.82) is 5.26 Å². The average Bonchev–Trinajstić information content (AvgIpc) is 2.94. The fraction of sp³-hybridized carbons (Fsp3) is 0.444. The Labute approximate surface area is 130 Å². The number of ether oxygens (including phenoxy) is 1. The van der Waals surface area contributed by atoms with Crippen LogP contribution >= 0.6 is 0 Å². The van der Waals surface area contributed by atoms with Crippen LogP contribution in [0.3, 0.4) is 0 Å². The van der Waals surface area contributed by atoms with Crippen molar-refractivity contribution in [3.63, 3.8) is 0 Å². The molecule has 1 aliphatic rings.